The van der Waals surface area contributed by atoms with Gasteiger partial charge in [0.25, 0.3) is 0 Å². The number of para-hydroxylation sites is 1. The largest absolute Gasteiger partial charge is 0.493 e. The SMILES string of the molecule is COc1ccc(/C=C/C(=O)N2CCN(c3ccc4ccccc4n3)CC2)cc1OC. The molecule has 6 heteroatoms. The van der Waals surface area contributed by atoms with Crippen LogP contribution in [0.5, 0.6) is 11.5 Å². The van der Waals surface area contributed by atoms with Crippen molar-refractivity contribution in [3.8, 4) is 11.5 Å². The Morgan fingerprint density at radius 2 is 1.70 bits per heavy atom. The van der Waals surface area contributed by atoms with Crippen LogP contribution in [0.2, 0.25) is 0 Å². The summed E-state index contributed by atoms with van der Waals surface area (Å²) in [6.07, 6.45) is 3.42. The first-order valence-electron chi connectivity index (χ1n) is 9.97. The molecule has 6 nitrogen and oxygen atoms in total. The molecule has 1 saturated heterocycles. The first-order chi connectivity index (χ1) is 14.7. The van der Waals surface area contributed by atoms with Gasteiger partial charge in [-0.25, -0.2) is 4.98 Å². The molecule has 0 N–H and O–H groups in total. The summed E-state index contributed by atoms with van der Waals surface area (Å²) in [5.74, 6) is 2.28. The number of ether oxygens (including phenoxy) is 2. The third kappa shape index (κ3) is 4.22. The highest BCUT2D eigenvalue weighted by molar-refractivity contribution is 5.92. The van der Waals surface area contributed by atoms with Crippen LogP contribution in [0, 0.1) is 0 Å². The summed E-state index contributed by atoms with van der Waals surface area (Å²) >= 11 is 0. The molecule has 1 aromatic heterocycles. The first-order valence-corrected chi connectivity index (χ1v) is 9.97. The molecule has 0 spiro atoms. The lowest BCUT2D eigenvalue weighted by atomic mass is 10.2. The third-order valence-electron chi connectivity index (χ3n) is 5.33. The fourth-order valence-electron chi connectivity index (χ4n) is 3.62. The first kappa shape index (κ1) is 19.8. The zero-order chi connectivity index (χ0) is 20.9. The van der Waals surface area contributed by atoms with Gasteiger partial charge in [-0.1, -0.05) is 24.3 Å². The number of anilines is 1. The summed E-state index contributed by atoms with van der Waals surface area (Å²) in [5.41, 5.74) is 1.88. The second kappa shape index (κ2) is 8.86. The quantitative estimate of drug-likeness (QED) is 0.609. The smallest absolute Gasteiger partial charge is 0.246 e. The Morgan fingerprint density at radius 1 is 0.933 bits per heavy atom. The van der Waals surface area contributed by atoms with E-state index in [9.17, 15) is 4.79 Å². The molecule has 1 aliphatic heterocycles. The fourth-order valence-corrected chi connectivity index (χ4v) is 3.62. The summed E-state index contributed by atoms with van der Waals surface area (Å²) in [4.78, 5) is 21.5. The molecule has 1 amide bonds. The van der Waals surface area contributed by atoms with E-state index in [-0.39, 0.29) is 5.91 Å². The predicted molar refractivity (Wildman–Crippen MR) is 119 cm³/mol. The van der Waals surface area contributed by atoms with E-state index in [1.165, 1.54) is 0 Å². The van der Waals surface area contributed by atoms with Crippen molar-refractivity contribution < 1.29 is 14.3 Å². The van der Waals surface area contributed by atoms with Crippen LogP contribution in [-0.2, 0) is 4.79 Å². The van der Waals surface area contributed by atoms with Gasteiger partial charge in [-0.15, -0.1) is 0 Å². The molecular formula is C24H25N3O3. The zero-order valence-electron chi connectivity index (χ0n) is 17.2. The number of amides is 1. The van der Waals surface area contributed by atoms with Crippen molar-refractivity contribution in [1.29, 1.82) is 0 Å². The molecule has 3 aromatic rings. The number of benzene rings is 2. The Kier molecular flexibility index (Phi) is 5.84. The zero-order valence-corrected chi connectivity index (χ0v) is 17.2. The second-order valence-corrected chi connectivity index (χ2v) is 7.12. The van der Waals surface area contributed by atoms with Crippen LogP contribution in [0.15, 0.2) is 60.7 Å². The van der Waals surface area contributed by atoms with Crippen LogP contribution >= 0.6 is 0 Å². The van der Waals surface area contributed by atoms with Gasteiger partial charge in [0, 0.05) is 37.6 Å². The number of piperazine rings is 1. The number of pyridine rings is 1. The van der Waals surface area contributed by atoms with Crippen molar-refractivity contribution in [2.24, 2.45) is 0 Å². The second-order valence-electron chi connectivity index (χ2n) is 7.12. The van der Waals surface area contributed by atoms with Gasteiger partial charge >= 0.3 is 0 Å². The molecule has 0 saturated carbocycles. The van der Waals surface area contributed by atoms with E-state index >= 15 is 0 Å². The number of aromatic nitrogens is 1. The number of hydrogen-bond acceptors (Lipinski definition) is 5. The van der Waals surface area contributed by atoms with E-state index in [4.69, 9.17) is 14.5 Å². The maximum absolute atomic E-state index is 12.6. The van der Waals surface area contributed by atoms with E-state index in [1.807, 2.05) is 47.4 Å². The summed E-state index contributed by atoms with van der Waals surface area (Å²) in [5, 5.41) is 1.13. The molecule has 0 unspecified atom stereocenters. The van der Waals surface area contributed by atoms with Gasteiger partial charge in [-0.3, -0.25) is 4.79 Å². The Hall–Kier alpha value is -3.54. The molecular weight excluding hydrogens is 378 g/mol. The molecule has 1 aliphatic rings. The monoisotopic (exact) mass is 403 g/mol. The lowest BCUT2D eigenvalue weighted by molar-refractivity contribution is -0.126. The highest BCUT2D eigenvalue weighted by Crippen LogP contribution is 2.28. The van der Waals surface area contributed by atoms with Crippen molar-refractivity contribution in [3.63, 3.8) is 0 Å². The van der Waals surface area contributed by atoms with Crippen molar-refractivity contribution in [3.05, 3.63) is 66.2 Å². The number of fused-ring (bicyclic) bond motifs is 1. The molecule has 2 aromatic carbocycles. The summed E-state index contributed by atoms with van der Waals surface area (Å²) in [6, 6.07) is 17.8. The lowest BCUT2D eigenvalue weighted by Gasteiger charge is -2.35. The lowest BCUT2D eigenvalue weighted by Crippen LogP contribution is -2.48. The molecule has 0 bridgehead atoms. The minimum atomic E-state index is 0.0101. The molecule has 0 aliphatic carbocycles. The van der Waals surface area contributed by atoms with Crippen LogP contribution in [0.3, 0.4) is 0 Å². The average Bonchev–Trinajstić information content (AvgIpc) is 2.82. The maximum Gasteiger partial charge on any atom is 0.246 e. The molecule has 4 rings (SSSR count). The van der Waals surface area contributed by atoms with Gasteiger partial charge in [0.05, 0.1) is 19.7 Å². The molecule has 0 atom stereocenters. The number of nitrogens with zero attached hydrogens (tertiary/aromatic N) is 3. The number of carbonyl (C=O) groups excluding carboxylic acids is 1. The van der Waals surface area contributed by atoms with Crippen molar-refractivity contribution in [1.82, 2.24) is 9.88 Å². The highest BCUT2D eigenvalue weighted by atomic mass is 16.5. The van der Waals surface area contributed by atoms with Crippen LogP contribution < -0.4 is 14.4 Å². The molecule has 30 heavy (non-hydrogen) atoms. The van der Waals surface area contributed by atoms with E-state index in [1.54, 1.807) is 20.3 Å². The minimum absolute atomic E-state index is 0.0101. The molecule has 1 fully saturated rings. The maximum atomic E-state index is 12.6. The number of carbonyl (C=O) groups is 1. The van der Waals surface area contributed by atoms with Gasteiger partial charge in [-0.05, 0) is 42.0 Å². The van der Waals surface area contributed by atoms with Crippen molar-refractivity contribution >= 4 is 28.7 Å². The molecule has 154 valence electrons. The normalized spacial score (nSPS) is 14.3. The summed E-state index contributed by atoms with van der Waals surface area (Å²) < 4.78 is 10.6. The fraction of sp³-hybridized carbons (Fsp3) is 0.250. The Balaban J connectivity index is 1.37. The van der Waals surface area contributed by atoms with Gasteiger partial charge in [0.1, 0.15) is 5.82 Å². The van der Waals surface area contributed by atoms with Gasteiger partial charge in [0.15, 0.2) is 11.5 Å². The number of rotatable bonds is 5. The summed E-state index contributed by atoms with van der Waals surface area (Å²) in [6.45, 7) is 2.87. The predicted octanol–water partition coefficient (Wildman–Crippen LogP) is 3.61. The highest BCUT2D eigenvalue weighted by Gasteiger charge is 2.20. The average molecular weight is 403 g/mol. The third-order valence-corrected chi connectivity index (χ3v) is 5.33. The molecule has 2 heterocycles. The summed E-state index contributed by atoms with van der Waals surface area (Å²) in [7, 11) is 3.20. The Morgan fingerprint density at radius 3 is 2.47 bits per heavy atom. The van der Waals surface area contributed by atoms with Gasteiger partial charge < -0.3 is 19.3 Å². The Labute approximate surface area is 176 Å². The van der Waals surface area contributed by atoms with Crippen molar-refractivity contribution in [2.45, 2.75) is 0 Å². The van der Waals surface area contributed by atoms with E-state index < -0.39 is 0 Å². The van der Waals surface area contributed by atoms with E-state index in [0.717, 1.165) is 35.4 Å². The number of hydrogen-bond donors (Lipinski definition) is 0. The minimum Gasteiger partial charge on any atom is -0.493 e. The number of methoxy groups -OCH3 is 2. The van der Waals surface area contributed by atoms with Crippen LogP contribution in [0.4, 0.5) is 5.82 Å². The Bertz CT molecular complexity index is 1070. The van der Waals surface area contributed by atoms with E-state index in [0.29, 0.717) is 24.6 Å². The van der Waals surface area contributed by atoms with E-state index in [2.05, 4.69) is 23.1 Å². The molecule has 0 radical (unpaired) electrons. The van der Waals surface area contributed by atoms with Crippen LogP contribution in [-0.4, -0.2) is 56.2 Å². The van der Waals surface area contributed by atoms with Gasteiger partial charge in [-0.2, -0.15) is 0 Å². The van der Waals surface area contributed by atoms with Crippen molar-refractivity contribution in [2.75, 3.05) is 45.3 Å². The standard InChI is InChI=1S/C24H25N3O3/c1-29-21-10-7-18(17-22(21)30-2)8-12-24(28)27-15-13-26(14-16-27)23-11-9-19-5-3-4-6-20(19)25-23/h3-12,17H,13-16H2,1-2H3/b12-8+. The van der Waals surface area contributed by atoms with Gasteiger partial charge in [0.2, 0.25) is 5.91 Å². The topological polar surface area (TPSA) is 54.9 Å². The van der Waals surface area contributed by atoms with Crippen LogP contribution in [0.1, 0.15) is 5.56 Å². The van der Waals surface area contributed by atoms with Crippen LogP contribution in [0.25, 0.3) is 17.0 Å².